The van der Waals surface area contributed by atoms with Crippen molar-refractivity contribution < 1.29 is 43.3 Å². The molecular weight excluding hydrogens is 622 g/mol. The minimum absolute atomic E-state index is 0.0193. The molecule has 0 radical (unpaired) electrons. The number of hydrogen-bond acceptors (Lipinski definition) is 9. The highest BCUT2D eigenvalue weighted by atomic mass is 16.5. The molecule has 0 heterocycles. The Bertz CT molecular complexity index is 1520. The summed E-state index contributed by atoms with van der Waals surface area (Å²) in [6.45, 7) is 0.402. The molecule has 14 heteroatoms. The molecule has 0 spiro atoms. The molecule has 5 amide bonds. The van der Waals surface area contributed by atoms with Crippen LogP contribution in [0.15, 0.2) is 84.9 Å². The molecule has 0 aliphatic carbocycles. The summed E-state index contributed by atoms with van der Waals surface area (Å²) in [5, 5.41) is 22.0. The molecule has 0 unspecified atom stereocenters. The number of phenolic OH excluding ortho intramolecular Hbond substituents is 1. The molecule has 2 atom stereocenters. The molecule has 0 bridgehead atoms. The van der Waals surface area contributed by atoms with Crippen LogP contribution >= 0.6 is 0 Å². The van der Waals surface area contributed by atoms with Crippen LogP contribution in [0, 0.1) is 0 Å². The maximum Gasteiger partial charge on any atom is 0.408 e. The zero-order valence-corrected chi connectivity index (χ0v) is 26.4. The lowest BCUT2D eigenvalue weighted by Gasteiger charge is -2.20. The SMILES string of the molecule is CCOC(=O)CNC(=O)CNC(=O)[C@H](Cc1ccccc1)NC(=O)CNC(=O)[C@H](Cc1ccc(O)cc1)NC(=O)OCc1ccccc1. The number of nitrogens with one attached hydrogen (secondary N) is 5. The second-order valence-corrected chi connectivity index (χ2v) is 10.5. The fourth-order valence-electron chi connectivity index (χ4n) is 4.31. The second kappa shape index (κ2) is 19.6. The van der Waals surface area contributed by atoms with Crippen LogP contribution in [-0.4, -0.2) is 79.1 Å². The lowest BCUT2D eigenvalue weighted by atomic mass is 10.0. The van der Waals surface area contributed by atoms with Crippen LogP contribution in [0.3, 0.4) is 0 Å². The zero-order valence-electron chi connectivity index (χ0n) is 26.4. The summed E-state index contributed by atoms with van der Waals surface area (Å²) in [4.78, 5) is 75.4. The molecule has 14 nitrogen and oxygen atoms in total. The topological polar surface area (TPSA) is 201 Å². The van der Waals surface area contributed by atoms with Crippen LogP contribution in [-0.2, 0) is 52.9 Å². The number of carbonyl (C=O) groups excluding carboxylic acids is 6. The van der Waals surface area contributed by atoms with Gasteiger partial charge in [-0.05, 0) is 35.7 Å². The lowest BCUT2D eigenvalue weighted by Crippen LogP contribution is -2.54. The van der Waals surface area contributed by atoms with Crippen molar-refractivity contribution in [2.45, 2.75) is 38.5 Å². The third-order valence-electron chi connectivity index (χ3n) is 6.71. The molecule has 254 valence electrons. The number of phenols is 1. The first-order valence-corrected chi connectivity index (χ1v) is 15.2. The lowest BCUT2D eigenvalue weighted by molar-refractivity contribution is -0.143. The number of rotatable bonds is 17. The molecule has 0 saturated carbocycles. The van der Waals surface area contributed by atoms with Crippen LogP contribution < -0.4 is 26.6 Å². The highest BCUT2D eigenvalue weighted by Gasteiger charge is 2.25. The Morgan fingerprint density at radius 2 is 1.12 bits per heavy atom. The number of aromatic hydroxyl groups is 1. The van der Waals surface area contributed by atoms with Crippen LogP contribution in [0.2, 0.25) is 0 Å². The van der Waals surface area contributed by atoms with Gasteiger partial charge in [-0.1, -0.05) is 72.8 Å². The van der Waals surface area contributed by atoms with E-state index in [1.165, 1.54) is 12.1 Å². The minimum Gasteiger partial charge on any atom is -0.508 e. The Balaban J connectivity index is 1.60. The van der Waals surface area contributed by atoms with Gasteiger partial charge in [0.25, 0.3) is 0 Å². The van der Waals surface area contributed by atoms with Crippen molar-refractivity contribution in [3.8, 4) is 5.75 Å². The van der Waals surface area contributed by atoms with Gasteiger partial charge in [0, 0.05) is 12.8 Å². The number of alkyl carbamates (subject to hydrolysis) is 1. The summed E-state index contributed by atoms with van der Waals surface area (Å²) < 4.78 is 10.0. The molecule has 3 aromatic rings. The van der Waals surface area contributed by atoms with Gasteiger partial charge in [0.15, 0.2) is 0 Å². The van der Waals surface area contributed by atoms with Crippen molar-refractivity contribution in [1.29, 1.82) is 0 Å². The van der Waals surface area contributed by atoms with Crippen LogP contribution in [0.4, 0.5) is 4.79 Å². The summed E-state index contributed by atoms with van der Waals surface area (Å²) in [5.74, 6) is -3.31. The molecule has 3 aromatic carbocycles. The van der Waals surface area contributed by atoms with Gasteiger partial charge in [0.05, 0.1) is 19.7 Å². The van der Waals surface area contributed by atoms with Gasteiger partial charge in [-0.3, -0.25) is 24.0 Å². The fraction of sp³-hybridized carbons (Fsp3) is 0.294. The average Bonchev–Trinajstić information content (AvgIpc) is 3.09. The number of ether oxygens (including phenoxy) is 2. The predicted octanol–water partition coefficient (Wildman–Crippen LogP) is 0.869. The van der Waals surface area contributed by atoms with Crippen molar-refractivity contribution in [2.24, 2.45) is 0 Å². The molecule has 0 saturated heterocycles. The van der Waals surface area contributed by atoms with E-state index < -0.39 is 60.9 Å². The van der Waals surface area contributed by atoms with Crippen molar-refractivity contribution in [3.05, 3.63) is 102 Å². The first-order valence-electron chi connectivity index (χ1n) is 15.2. The molecule has 0 aromatic heterocycles. The van der Waals surface area contributed by atoms with Gasteiger partial charge in [0.1, 0.15) is 31.0 Å². The molecule has 6 N–H and O–H groups in total. The van der Waals surface area contributed by atoms with Crippen molar-refractivity contribution >= 4 is 35.7 Å². The van der Waals surface area contributed by atoms with E-state index in [-0.39, 0.29) is 38.3 Å². The van der Waals surface area contributed by atoms with Gasteiger partial charge < -0.3 is 41.2 Å². The van der Waals surface area contributed by atoms with E-state index in [0.717, 1.165) is 11.1 Å². The maximum absolute atomic E-state index is 13.2. The largest absolute Gasteiger partial charge is 0.508 e. The van der Waals surface area contributed by atoms with E-state index >= 15 is 0 Å². The number of carbonyl (C=O) groups is 6. The van der Waals surface area contributed by atoms with Gasteiger partial charge in [-0.2, -0.15) is 0 Å². The van der Waals surface area contributed by atoms with Crippen LogP contribution in [0.25, 0.3) is 0 Å². The van der Waals surface area contributed by atoms with E-state index in [1.54, 1.807) is 73.7 Å². The normalized spacial score (nSPS) is 11.6. The molecule has 0 aliphatic rings. The predicted molar refractivity (Wildman–Crippen MR) is 173 cm³/mol. The monoisotopic (exact) mass is 661 g/mol. The third-order valence-corrected chi connectivity index (χ3v) is 6.71. The number of amides is 5. The number of benzene rings is 3. The third kappa shape index (κ3) is 13.6. The standard InChI is InChI=1S/C34H39N5O9/c1-2-47-31(43)21-35-29(41)19-36-32(44)27(17-23-9-5-3-6-10-23)38-30(42)20-37-33(45)28(18-24-13-15-26(40)16-14-24)39-34(46)48-22-25-11-7-4-8-12-25/h3-16,27-28,40H,2,17-22H2,1H3,(H,35,41)(H,36,44)(H,37,45)(H,38,42)(H,39,46)/t27-,28-/m0/s1. The molecule has 0 aliphatic heterocycles. The first-order chi connectivity index (χ1) is 23.1. The summed E-state index contributed by atoms with van der Waals surface area (Å²) in [5.41, 5.74) is 2.09. The molecular formula is C34H39N5O9. The number of hydrogen-bond donors (Lipinski definition) is 6. The van der Waals surface area contributed by atoms with Crippen LogP contribution in [0.1, 0.15) is 23.6 Å². The van der Waals surface area contributed by atoms with E-state index in [4.69, 9.17) is 9.47 Å². The molecule has 3 rings (SSSR count). The smallest absolute Gasteiger partial charge is 0.408 e. The Labute approximate surface area is 277 Å². The summed E-state index contributed by atoms with van der Waals surface area (Å²) >= 11 is 0. The first kappa shape index (κ1) is 36.5. The fourth-order valence-corrected chi connectivity index (χ4v) is 4.31. The van der Waals surface area contributed by atoms with E-state index in [0.29, 0.717) is 5.56 Å². The number of esters is 1. The Morgan fingerprint density at radius 1 is 0.604 bits per heavy atom. The van der Waals surface area contributed by atoms with Gasteiger partial charge >= 0.3 is 12.1 Å². The van der Waals surface area contributed by atoms with Crippen LogP contribution in [0.5, 0.6) is 5.75 Å². The summed E-state index contributed by atoms with van der Waals surface area (Å²) in [7, 11) is 0. The minimum atomic E-state index is -1.15. The van der Waals surface area contributed by atoms with Crippen molar-refractivity contribution in [1.82, 2.24) is 26.6 Å². The quantitative estimate of drug-likeness (QED) is 0.114. The highest BCUT2D eigenvalue weighted by molar-refractivity contribution is 5.93. The maximum atomic E-state index is 13.2. The Kier molecular flexibility index (Phi) is 14.9. The second-order valence-electron chi connectivity index (χ2n) is 10.5. The average molecular weight is 662 g/mol. The highest BCUT2D eigenvalue weighted by Crippen LogP contribution is 2.12. The Morgan fingerprint density at radius 3 is 1.71 bits per heavy atom. The Hall–Kier alpha value is -5.92. The summed E-state index contributed by atoms with van der Waals surface area (Å²) in [6, 6.07) is 21.6. The van der Waals surface area contributed by atoms with Gasteiger partial charge in [0.2, 0.25) is 23.6 Å². The molecule has 48 heavy (non-hydrogen) atoms. The van der Waals surface area contributed by atoms with Crippen molar-refractivity contribution in [2.75, 3.05) is 26.2 Å². The van der Waals surface area contributed by atoms with Crippen molar-refractivity contribution in [3.63, 3.8) is 0 Å². The van der Waals surface area contributed by atoms with Gasteiger partial charge in [-0.15, -0.1) is 0 Å². The summed E-state index contributed by atoms with van der Waals surface area (Å²) in [6.07, 6.45) is -0.756. The van der Waals surface area contributed by atoms with E-state index in [2.05, 4.69) is 26.6 Å². The zero-order chi connectivity index (χ0) is 34.7. The van der Waals surface area contributed by atoms with Gasteiger partial charge in [-0.25, -0.2) is 4.79 Å². The van der Waals surface area contributed by atoms with E-state index in [1.807, 2.05) is 6.07 Å². The van der Waals surface area contributed by atoms with E-state index in [9.17, 15) is 33.9 Å². The molecule has 0 fully saturated rings.